The van der Waals surface area contributed by atoms with Crippen LogP contribution in [0.25, 0.3) is 22.3 Å². The number of aryl methyl sites for hydroxylation is 2. The molecule has 0 spiro atoms. The van der Waals surface area contributed by atoms with E-state index in [9.17, 15) is 9.59 Å². The van der Waals surface area contributed by atoms with Gasteiger partial charge in [0.05, 0.1) is 18.2 Å². The van der Waals surface area contributed by atoms with Crippen LogP contribution in [0.5, 0.6) is 5.75 Å². The van der Waals surface area contributed by atoms with Crippen LogP contribution in [-0.2, 0) is 7.05 Å². The van der Waals surface area contributed by atoms with Gasteiger partial charge in [-0.15, -0.1) is 0 Å². The van der Waals surface area contributed by atoms with Crippen LogP contribution in [0.3, 0.4) is 0 Å². The third kappa shape index (κ3) is 3.11. The second-order valence-corrected chi connectivity index (χ2v) is 6.12. The quantitative estimate of drug-likeness (QED) is 0.779. The zero-order valence-corrected chi connectivity index (χ0v) is 14.8. The normalized spacial score (nSPS) is 10.6. The van der Waals surface area contributed by atoms with Crippen molar-refractivity contribution in [3.05, 3.63) is 76.2 Å². The summed E-state index contributed by atoms with van der Waals surface area (Å²) in [5.41, 5.74) is 3.91. The Bertz CT molecular complexity index is 1020. The van der Waals surface area contributed by atoms with Gasteiger partial charge in [0, 0.05) is 18.8 Å². The first kappa shape index (κ1) is 17.5. The zero-order chi connectivity index (χ0) is 18.8. The largest absolute Gasteiger partial charge is 0.495 e. The van der Waals surface area contributed by atoms with Crippen molar-refractivity contribution in [2.75, 3.05) is 7.11 Å². The van der Waals surface area contributed by atoms with Crippen molar-refractivity contribution >= 4 is 5.97 Å². The van der Waals surface area contributed by atoms with E-state index in [0.29, 0.717) is 11.3 Å². The second kappa shape index (κ2) is 6.88. The fourth-order valence-corrected chi connectivity index (χ4v) is 2.90. The molecule has 3 aromatic rings. The summed E-state index contributed by atoms with van der Waals surface area (Å²) in [6.45, 7) is 1.99. The molecule has 0 saturated carbocycles. The lowest BCUT2D eigenvalue weighted by atomic mass is 9.98. The molecule has 3 rings (SSSR count). The molecule has 0 amide bonds. The number of ether oxygens (including phenoxy) is 1. The number of carbonyl (C=O) groups is 1. The SMILES string of the molecule is COc1c(-c2ccc(C(=O)O)cc2)cn(C)c(=O)c1-c1ccc(C)cc1. The van der Waals surface area contributed by atoms with Crippen LogP contribution in [0, 0.1) is 6.92 Å². The van der Waals surface area contributed by atoms with Crippen molar-refractivity contribution in [1.82, 2.24) is 4.57 Å². The molecule has 0 fully saturated rings. The molecule has 132 valence electrons. The van der Waals surface area contributed by atoms with Gasteiger partial charge in [-0.25, -0.2) is 4.79 Å². The fraction of sp³-hybridized carbons (Fsp3) is 0.143. The maximum atomic E-state index is 12.8. The first-order chi connectivity index (χ1) is 12.4. The lowest BCUT2D eigenvalue weighted by Crippen LogP contribution is -2.19. The van der Waals surface area contributed by atoms with Gasteiger partial charge in [0.2, 0.25) is 0 Å². The summed E-state index contributed by atoms with van der Waals surface area (Å²) < 4.78 is 7.11. The van der Waals surface area contributed by atoms with Crippen LogP contribution >= 0.6 is 0 Å². The molecule has 5 nitrogen and oxygen atoms in total. The molecule has 0 aliphatic carbocycles. The van der Waals surface area contributed by atoms with Gasteiger partial charge in [-0.05, 0) is 30.2 Å². The molecule has 26 heavy (non-hydrogen) atoms. The van der Waals surface area contributed by atoms with Gasteiger partial charge in [-0.3, -0.25) is 4.79 Å². The zero-order valence-electron chi connectivity index (χ0n) is 14.8. The Morgan fingerprint density at radius 1 is 1.00 bits per heavy atom. The van der Waals surface area contributed by atoms with Crippen molar-refractivity contribution in [3.63, 3.8) is 0 Å². The highest BCUT2D eigenvalue weighted by Crippen LogP contribution is 2.36. The number of hydrogen-bond acceptors (Lipinski definition) is 3. The minimum Gasteiger partial charge on any atom is -0.495 e. The Kier molecular flexibility index (Phi) is 4.63. The monoisotopic (exact) mass is 349 g/mol. The van der Waals surface area contributed by atoms with E-state index in [1.807, 2.05) is 31.2 Å². The van der Waals surface area contributed by atoms with Crippen molar-refractivity contribution in [2.24, 2.45) is 7.05 Å². The van der Waals surface area contributed by atoms with E-state index < -0.39 is 5.97 Å². The Morgan fingerprint density at radius 3 is 2.12 bits per heavy atom. The number of carboxylic acid groups (broad SMARTS) is 1. The molecule has 1 aromatic heterocycles. The summed E-state index contributed by atoms with van der Waals surface area (Å²) in [5.74, 6) is -0.510. The highest BCUT2D eigenvalue weighted by molar-refractivity contribution is 5.89. The van der Waals surface area contributed by atoms with Crippen molar-refractivity contribution in [1.29, 1.82) is 0 Å². The molecule has 5 heteroatoms. The number of nitrogens with zero attached hydrogens (tertiary/aromatic N) is 1. The lowest BCUT2D eigenvalue weighted by Gasteiger charge is -2.16. The van der Waals surface area contributed by atoms with Crippen LogP contribution in [0.15, 0.2) is 59.5 Å². The van der Waals surface area contributed by atoms with E-state index in [1.165, 1.54) is 23.8 Å². The maximum Gasteiger partial charge on any atom is 0.335 e. The molecule has 0 atom stereocenters. The Morgan fingerprint density at radius 2 is 1.58 bits per heavy atom. The average molecular weight is 349 g/mol. The van der Waals surface area contributed by atoms with E-state index in [1.54, 1.807) is 25.4 Å². The molecular formula is C21H19NO4. The van der Waals surface area contributed by atoms with Crippen LogP contribution < -0.4 is 10.3 Å². The number of methoxy groups -OCH3 is 1. The highest BCUT2D eigenvalue weighted by Gasteiger charge is 2.18. The summed E-state index contributed by atoms with van der Waals surface area (Å²) in [5, 5.41) is 9.07. The number of aromatic carboxylic acids is 1. The molecule has 2 aromatic carbocycles. The summed E-state index contributed by atoms with van der Waals surface area (Å²) in [6.07, 6.45) is 1.70. The Labute approximate surface area is 151 Å². The minimum atomic E-state index is -0.982. The number of rotatable bonds is 4. The van der Waals surface area contributed by atoms with E-state index in [2.05, 4.69) is 0 Å². The molecule has 1 N–H and O–H groups in total. The van der Waals surface area contributed by atoms with Crippen LogP contribution in [0.4, 0.5) is 0 Å². The molecule has 1 heterocycles. The second-order valence-electron chi connectivity index (χ2n) is 6.12. The van der Waals surface area contributed by atoms with Gasteiger partial charge < -0.3 is 14.4 Å². The maximum absolute atomic E-state index is 12.8. The Hall–Kier alpha value is -3.34. The number of pyridine rings is 1. The van der Waals surface area contributed by atoms with E-state index in [0.717, 1.165) is 22.3 Å². The van der Waals surface area contributed by atoms with Gasteiger partial charge in [-0.1, -0.05) is 42.0 Å². The third-order valence-corrected chi connectivity index (χ3v) is 4.32. The van der Waals surface area contributed by atoms with Gasteiger partial charge in [0.1, 0.15) is 5.75 Å². The van der Waals surface area contributed by atoms with E-state index >= 15 is 0 Å². The van der Waals surface area contributed by atoms with E-state index in [-0.39, 0.29) is 11.1 Å². The standard InChI is InChI=1S/C21H19NO4/c1-13-4-6-15(7-5-13)18-19(26-3)17(12-22(2)20(18)23)14-8-10-16(11-9-14)21(24)25/h4-12H,1-3H3,(H,24,25). The molecule has 0 saturated heterocycles. The summed E-state index contributed by atoms with van der Waals surface area (Å²) in [4.78, 5) is 23.8. The van der Waals surface area contributed by atoms with Crippen molar-refractivity contribution < 1.29 is 14.6 Å². The molecular weight excluding hydrogens is 330 g/mol. The highest BCUT2D eigenvalue weighted by atomic mass is 16.5. The molecule has 0 unspecified atom stereocenters. The van der Waals surface area contributed by atoms with Crippen molar-refractivity contribution in [2.45, 2.75) is 6.92 Å². The predicted octanol–water partition coefficient (Wildman–Crippen LogP) is 3.73. The van der Waals surface area contributed by atoms with Crippen molar-refractivity contribution in [3.8, 4) is 28.0 Å². The summed E-state index contributed by atoms with van der Waals surface area (Å²) in [7, 11) is 3.22. The lowest BCUT2D eigenvalue weighted by molar-refractivity contribution is 0.0697. The first-order valence-corrected chi connectivity index (χ1v) is 8.10. The van der Waals surface area contributed by atoms with Gasteiger partial charge in [-0.2, -0.15) is 0 Å². The number of hydrogen-bond donors (Lipinski definition) is 1. The number of aromatic nitrogens is 1. The van der Waals surface area contributed by atoms with Crippen LogP contribution in [-0.4, -0.2) is 22.8 Å². The first-order valence-electron chi connectivity index (χ1n) is 8.10. The van der Waals surface area contributed by atoms with Gasteiger partial charge in [0.25, 0.3) is 5.56 Å². The molecule has 0 bridgehead atoms. The van der Waals surface area contributed by atoms with Gasteiger partial charge >= 0.3 is 5.97 Å². The molecule has 0 aliphatic heterocycles. The molecule has 0 radical (unpaired) electrons. The third-order valence-electron chi connectivity index (χ3n) is 4.32. The van der Waals surface area contributed by atoms with Crippen LogP contribution in [0.2, 0.25) is 0 Å². The smallest absolute Gasteiger partial charge is 0.335 e. The number of carboxylic acids is 1. The van der Waals surface area contributed by atoms with E-state index in [4.69, 9.17) is 9.84 Å². The molecule has 0 aliphatic rings. The Balaban J connectivity index is 2.25. The topological polar surface area (TPSA) is 68.5 Å². The summed E-state index contributed by atoms with van der Waals surface area (Å²) >= 11 is 0. The van der Waals surface area contributed by atoms with Gasteiger partial charge in [0.15, 0.2) is 0 Å². The minimum absolute atomic E-state index is 0.156. The number of benzene rings is 2. The average Bonchev–Trinajstić information content (AvgIpc) is 2.64. The summed E-state index contributed by atoms with van der Waals surface area (Å²) in [6, 6.07) is 14.2. The fourth-order valence-electron chi connectivity index (χ4n) is 2.90. The predicted molar refractivity (Wildman–Crippen MR) is 101 cm³/mol. The van der Waals surface area contributed by atoms with Crippen LogP contribution in [0.1, 0.15) is 15.9 Å².